The molecule has 1 fully saturated rings. The Bertz CT molecular complexity index is 395. The molecule has 0 radical (unpaired) electrons. The molecule has 1 saturated carbocycles. The number of nitrogens with zero attached hydrogens (tertiary/aromatic N) is 2. The second-order valence-electron chi connectivity index (χ2n) is 5.29. The van der Waals surface area contributed by atoms with E-state index in [1.54, 1.807) is 0 Å². The van der Waals surface area contributed by atoms with Gasteiger partial charge in [-0.15, -0.1) is 0 Å². The number of nitrogens with one attached hydrogen (secondary N) is 1. The summed E-state index contributed by atoms with van der Waals surface area (Å²) < 4.78 is 14.0. The predicted octanol–water partition coefficient (Wildman–Crippen LogP) is 3.56. The van der Waals surface area contributed by atoms with Gasteiger partial charge in [0, 0.05) is 6.04 Å². The van der Waals surface area contributed by atoms with E-state index >= 15 is 0 Å². The van der Waals surface area contributed by atoms with Crippen molar-refractivity contribution in [1.29, 1.82) is 0 Å². The number of halogens is 1. The number of hydrogen-bond donors (Lipinski definition) is 1. The molecule has 3 nitrogen and oxygen atoms in total. The monoisotopic (exact) mass is 251 g/mol. The van der Waals surface area contributed by atoms with E-state index in [-0.39, 0.29) is 5.82 Å². The van der Waals surface area contributed by atoms with Gasteiger partial charge in [0.05, 0.1) is 5.69 Å². The van der Waals surface area contributed by atoms with E-state index in [1.807, 2.05) is 6.92 Å². The molecule has 1 aliphatic carbocycles. The summed E-state index contributed by atoms with van der Waals surface area (Å²) in [4.78, 5) is 7.99. The van der Waals surface area contributed by atoms with Crippen molar-refractivity contribution in [2.24, 2.45) is 5.92 Å². The van der Waals surface area contributed by atoms with Crippen LogP contribution < -0.4 is 5.32 Å². The van der Waals surface area contributed by atoms with Crippen LogP contribution in [0.25, 0.3) is 0 Å². The third-order valence-electron chi connectivity index (χ3n) is 3.79. The Kier molecular flexibility index (Phi) is 4.50. The molecule has 1 heterocycles. The molecule has 0 aliphatic heterocycles. The first-order valence-electron chi connectivity index (χ1n) is 6.96. The molecule has 1 N–H and O–H groups in total. The minimum atomic E-state index is -0.280. The van der Waals surface area contributed by atoms with Gasteiger partial charge in [-0.1, -0.05) is 26.7 Å². The average Bonchev–Trinajstić information content (AvgIpc) is 2.57. The van der Waals surface area contributed by atoms with E-state index in [0.29, 0.717) is 24.0 Å². The lowest BCUT2D eigenvalue weighted by atomic mass is 10.0. The maximum atomic E-state index is 14.0. The van der Waals surface area contributed by atoms with Crippen LogP contribution in [0.5, 0.6) is 0 Å². The Labute approximate surface area is 108 Å². The van der Waals surface area contributed by atoms with Crippen molar-refractivity contribution in [3.63, 3.8) is 0 Å². The Hall–Kier alpha value is -1.19. The largest absolute Gasteiger partial charge is 0.365 e. The second-order valence-corrected chi connectivity index (χ2v) is 5.29. The van der Waals surface area contributed by atoms with Gasteiger partial charge in [0.2, 0.25) is 0 Å². The van der Waals surface area contributed by atoms with Gasteiger partial charge in [-0.25, -0.2) is 14.4 Å². The minimum Gasteiger partial charge on any atom is -0.365 e. The summed E-state index contributed by atoms with van der Waals surface area (Å²) >= 11 is 0. The Balaban J connectivity index is 2.04. The maximum absolute atomic E-state index is 14.0. The standard InChI is InChI=1S/C14H22FN3/c1-3-12-13(15)14(17-9-16-12)18-11-6-4-5-10(2)7-8-11/h9-11H,3-8H2,1-2H3,(H,16,17,18). The van der Waals surface area contributed by atoms with E-state index in [1.165, 1.54) is 25.6 Å². The van der Waals surface area contributed by atoms with Crippen LogP contribution in [0.1, 0.15) is 51.6 Å². The van der Waals surface area contributed by atoms with Crippen LogP contribution in [0.4, 0.5) is 10.2 Å². The lowest BCUT2D eigenvalue weighted by Gasteiger charge is -2.17. The zero-order valence-electron chi connectivity index (χ0n) is 11.2. The first kappa shape index (κ1) is 13.2. The van der Waals surface area contributed by atoms with Gasteiger partial charge in [0.25, 0.3) is 0 Å². The number of rotatable bonds is 3. The fourth-order valence-corrected chi connectivity index (χ4v) is 2.58. The molecule has 2 atom stereocenters. The molecule has 0 aromatic carbocycles. The van der Waals surface area contributed by atoms with Crippen LogP contribution in [0.15, 0.2) is 6.33 Å². The lowest BCUT2D eigenvalue weighted by Crippen LogP contribution is -2.20. The molecule has 0 spiro atoms. The Morgan fingerprint density at radius 2 is 2.11 bits per heavy atom. The molecule has 2 unspecified atom stereocenters. The van der Waals surface area contributed by atoms with Crippen molar-refractivity contribution in [3.8, 4) is 0 Å². The fraction of sp³-hybridized carbons (Fsp3) is 0.714. The van der Waals surface area contributed by atoms with Crippen LogP contribution in [-0.2, 0) is 6.42 Å². The lowest BCUT2D eigenvalue weighted by molar-refractivity contribution is 0.501. The Morgan fingerprint density at radius 1 is 1.28 bits per heavy atom. The highest BCUT2D eigenvalue weighted by atomic mass is 19.1. The average molecular weight is 251 g/mol. The highest BCUT2D eigenvalue weighted by Gasteiger charge is 2.18. The molecule has 4 heteroatoms. The quantitative estimate of drug-likeness (QED) is 0.835. The van der Waals surface area contributed by atoms with E-state index in [9.17, 15) is 4.39 Å². The molecule has 0 saturated heterocycles. The fourth-order valence-electron chi connectivity index (χ4n) is 2.58. The maximum Gasteiger partial charge on any atom is 0.186 e. The summed E-state index contributed by atoms with van der Waals surface area (Å²) in [7, 11) is 0. The van der Waals surface area contributed by atoms with Crippen LogP contribution in [-0.4, -0.2) is 16.0 Å². The topological polar surface area (TPSA) is 37.8 Å². The van der Waals surface area contributed by atoms with E-state index < -0.39 is 0 Å². The van der Waals surface area contributed by atoms with Gasteiger partial charge in [0.1, 0.15) is 6.33 Å². The first-order valence-corrected chi connectivity index (χ1v) is 6.96. The summed E-state index contributed by atoms with van der Waals surface area (Å²) in [6.45, 7) is 4.20. The van der Waals surface area contributed by atoms with Gasteiger partial charge in [-0.3, -0.25) is 0 Å². The number of hydrogen-bond acceptors (Lipinski definition) is 3. The number of aromatic nitrogens is 2. The van der Waals surface area contributed by atoms with Gasteiger partial charge in [-0.05, 0) is 31.6 Å². The predicted molar refractivity (Wildman–Crippen MR) is 71.0 cm³/mol. The molecule has 18 heavy (non-hydrogen) atoms. The summed E-state index contributed by atoms with van der Waals surface area (Å²) in [5.74, 6) is 0.886. The van der Waals surface area contributed by atoms with Gasteiger partial charge in [0.15, 0.2) is 11.6 Å². The summed E-state index contributed by atoms with van der Waals surface area (Å²) in [6, 6.07) is 0.351. The van der Waals surface area contributed by atoms with Gasteiger partial charge in [-0.2, -0.15) is 0 Å². The van der Waals surface area contributed by atoms with Crippen LogP contribution in [0.2, 0.25) is 0 Å². The Morgan fingerprint density at radius 3 is 2.89 bits per heavy atom. The third kappa shape index (κ3) is 3.18. The summed E-state index contributed by atoms with van der Waals surface area (Å²) in [5, 5.41) is 3.26. The smallest absolute Gasteiger partial charge is 0.186 e. The molecule has 100 valence electrons. The molecular formula is C14H22FN3. The molecule has 0 bridgehead atoms. The highest BCUT2D eigenvalue weighted by Crippen LogP contribution is 2.25. The highest BCUT2D eigenvalue weighted by molar-refractivity contribution is 5.38. The van der Waals surface area contributed by atoms with Gasteiger partial charge < -0.3 is 5.32 Å². The van der Waals surface area contributed by atoms with Crippen LogP contribution in [0, 0.1) is 11.7 Å². The SMILES string of the molecule is CCc1ncnc(NC2CCCC(C)CC2)c1F. The van der Waals surface area contributed by atoms with Crippen molar-refractivity contribution in [1.82, 2.24) is 9.97 Å². The second kappa shape index (κ2) is 6.12. The van der Waals surface area contributed by atoms with E-state index in [0.717, 1.165) is 18.8 Å². The third-order valence-corrected chi connectivity index (χ3v) is 3.79. The first-order chi connectivity index (χ1) is 8.70. The van der Waals surface area contributed by atoms with Crippen molar-refractivity contribution >= 4 is 5.82 Å². The van der Waals surface area contributed by atoms with E-state index in [2.05, 4.69) is 22.2 Å². The molecule has 1 aromatic heterocycles. The van der Waals surface area contributed by atoms with Crippen molar-refractivity contribution in [2.45, 2.75) is 58.4 Å². The molecule has 1 aliphatic rings. The van der Waals surface area contributed by atoms with Crippen LogP contribution in [0.3, 0.4) is 0 Å². The molecule has 1 aromatic rings. The summed E-state index contributed by atoms with van der Waals surface area (Å²) in [6.07, 6.45) is 7.97. The normalized spacial score (nSPS) is 24.6. The molecular weight excluding hydrogens is 229 g/mol. The zero-order valence-corrected chi connectivity index (χ0v) is 11.2. The molecule has 2 rings (SSSR count). The van der Waals surface area contributed by atoms with Crippen molar-refractivity contribution < 1.29 is 4.39 Å². The van der Waals surface area contributed by atoms with Crippen molar-refractivity contribution in [2.75, 3.05) is 5.32 Å². The zero-order chi connectivity index (χ0) is 13.0. The van der Waals surface area contributed by atoms with Crippen molar-refractivity contribution in [3.05, 3.63) is 17.8 Å². The minimum absolute atomic E-state index is 0.280. The summed E-state index contributed by atoms with van der Waals surface area (Å²) in [5.41, 5.74) is 0.495. The number of anilines is 1. The van der Waals surface area contributed by atoms with E-state index in [4.69, 9.17) is 0 Å². The van der Waals surface area contributed by atoms with Gasteiger partial charge >= 0.3 is 0 Å². The number of aryl methyl sites for hydroxylation is 1. The van der Waals surface area contributed by atoms with Crippen LogP contribution >= 0.6 is 0 Å². The molecule has 0 amide bonds.